The number of fused-ring (bicyclic) bond motifs is 1. The van der Waals surface area contributed by atoms with E-state index >= 15 is 0 Å². The van der Waals surface area contributed by atoms with Gasteiger partial charge in [0.05, 0.1) is 5.75 Å². The molecule has 0 aliphatic carbocycles. The lowest BCUT2D eigenvalue weighted by Gasteiger charge is -2.05. The van der Waals surface area contributed by atoms with Gasteiger partial charge >= 0.3 is 0 Å². The van der Waals surface area contributed by atoms with Gasteiger partial charge < -0.3 is 5.32 Å². The van der Waals surface area contributed by atoms with Gasteiger partial charge in [-0.15, -0.1) is 5.10 Å². The number of Topliss-reactive ketones (excluding diaryl/α,β-unsaturated/α-hetero) is 1. The van der Waals surface area contributed by atoms with Crippen LogP contribution in [-0.2, 0) is 11.8 Å². The van der Waals surface area contributed by atoms with Gasteiger partial charge in [0.2, 0.25) is 5.91 Å². The number of rotatable bonds is 5. The molecule has 2 aromatic heterocycles. The van der Waals surface area contributed by atoms with Gasteiger partial charge in [0.25, 0.3) is 0 Å². The Kier molecular flexibility index (Phi) is 4.52. The highest BCUT2D eigenvalue weighted by molar-refractivity contribution is 8.00. The largest absolute Gasteiger partial charge is 0.325 e. The maximum absolute atomic E-state index is 12.1. The number of carbonyl (C=O) groups is 2. The quantitative estimate of drug-likeness (QED) is 0.427. The Morgan fingerprint density at radius 1 is 1.21 bits per heavy atom. The maximum Gasteiger partial charge on any atom is 0.234 e. The number of amides is 1. The lowest BCUT2D eigenvalue weighted by Crippen LogP contribution is -2.14. The summed E-state index contributed by atoms with van der Waals surface area (Å²) in [5, 5.41) is 11.3. The smallest absolute Gasteiger partial charge is 0.234 e. The van der Waals surface area contributed by atoms with Gasteiger partial charge in [-0.1, -0.05) is 17.0 Å². The van der Waals surface area contributed by atoms with Gasteiger partial charge in [-0.05, 0) is 31.2 Å². The second kappa shape index (κ2) is 6.75. The SMILES string of the molecule is CC(=O)c1ccc(NC(=O)CSc2ncnc3c2nnn3C)cc1. The fraction of sp³-hybridized carbons (Fsp3) is 0.200. The summed E-state index contributed by atoms with van der Waals surface area (Å²) in [4.78, 5) is 31.5. The molecule has 3 rings (SSSR count). The van der Waals surface area contributed by atoms with E-state index in [-0.39, 0.29) is 17.4 Å². The van der Waals surface area contributed by atoms with Gasteiger partial charge in [-0.2, -0.15) is 0 Å². The second-order valence-electron chi connectivity index (χ2n) is 5.03. The van der Waals surface area contributed by atoms with Gasteiger partial charge in [0.1, 0.15) is 11.4 Å². The van der Waals surface area contributed by atoms with Gasteiger partial charge in [0.15, 0.2) is 16.9 Å². The van der Waals surface area contributed by atoms with E-state index in [9.17, 15) is 9.59 Å². The van der Waals surface area contributed by atoms with Crippen molar-refractivity contribution in [3.05, 3.63) is 36.2 Å². The van der Waals surface area contributed by atoms with Crippen LogP contribution in [0.25, 0.3) is 11.2 Å². The summed E-state index contributed by atoms with van der Waals surface area (Å²) in [6, 6.07) is 6.76. The summed E-state index contributed by atoms with van der Waals surface area (Å²) in [6.07, 6.45) is 1.42. The molecule has 9 heteroatoms. The minimum absolute atomic E-state index is 0.0137. The van der Waals surface area contributed by atoms with Crippen molar-refractivity contribution in [2.45, 2.75) is 11.9 Å². The molecule has 0 fully saturated rings. The number of nitrogens with zero attached hydrogens (tertiary/aromatic N) is 5. The number of carbonyl (C=O) groups excluding carboxylic acids is 2. The van der Waals surface area contributed by atoms with Crippen molar-refractivity contribution in [1.29, 1.82) is 0 Å². The van der Waals surface area contributed by atoms with Crippen LogP contribution in [-0.4, -0.2) is 42.4 Å². The zero-order valence-corrected chi connectivity index (χ0v) is 13.9. The van der Waals surface area contributed by atoms with E-state index in [0.717, 1.165) is 0 Å². The zero-order chi connectivity index (χ0) is 17.1. The second-order valence-corrected chi connectivity index (χ2v) is 6.00. The van der Waals surface area contributed by atoms with Crippen molar-refractivity contribution in [1.82, 2.24) is 25.0 Å². The molecule has 1 N–H and O–H groups in total. The first-order valence-electron chi connectivity index (χ1n) is 7.08. The molecule has 0 spiro atoms. The van der Waals surface area contributed by atoms with Crippen molar-refractivity contribution < 1.29 is 9.59 Å². The molecule has 0 atom stereocenters. The van der Waals surface area contributed by atoms with Crippen LogP contribution in [0, 0.1) is 0 Å². The minimum atomic E-state index is -0.175. The Balaban J connectivity index is 1.63. The number of aryl methyl sites for hydroxylation is 1. The monoisotopic (exact) mass is 342 g/mol. The van der Waals surface area contributed by atoms with Gasteiger partial charge in [-0.25, -0.2) is 14.6 Å². The van der Waals surface area contributed by atoms with Crippen LogP contribution < -0.4 is 5.32 Å². The van der Waals surface area contributed by atoms with Gasteiger partial charge in [0, 0.05) is 18.3 Å². The van der Waals surface area contributed by atoms with Crippen LogP contribution in [0.1, 0.15) is 17.3 Å². The highest BCUT2D eigenvalue weighted by Gasteiger charge is 2.12. The first-order chi connectivity index (χ1) is 11.5. The van der Waals surface area contributed by atoms with Crippen LogP contribution in [0.4, 0.5) is 5.69 Å². The van der Waals surface area contributed by atoms with Crippen LogP contribution >= 0.6 is 11.8 Å². The summed E-state index contributed by atoms with van der Waals surface area (Å²) in [7, 11) is 1.74. The molecule has 0 radical (unpaired) electrons. The Morgan fingerprint density at radius 3 is 2.67 bits per heavy atom. The first kappa shape index (κ1) is 16.1. The number of anilines is 1. The van der Waals surface area contributed by atoms with Crippen LogP contribution in [0.5, 0.6) is 0 Å². The first-order valence-corrected chi connectivity index (χ1v) is 8.07. The highest BCUT2D eigenvalue weighted by atomic mass is 32.2. The van der Waals surface area contributed by atoms with E-state index in [1.165, 1.54) is 25.0 Å². The molecule has 0 aliphatic rings. The van der Waals surface area contributed by atoms with Crippen molar-refractivity contribution in [3.63, 3.8) is 0 Å². The molecule has 2 heterocycles. The Labute approximate surface area is 141 Å². The van der Waals surface area contributed by atoms with E-state index in [1.807, 2.05) is 0 Å². The van der Waals surface area contributed by atoms with Crippen LogP contribution in [0.3, 0.4) is 0 Å². The van der Waals surface area contributed by atoms with Crippen molar-refractivity contribution in [2.24, 2.45) is 7.05 Å². The molecular weight excluding hydrogens is 328 g/mol. The molecule has 0 saturated carbocycles. The van der Waals surface area contributed by atoms with Crippen LogP contribution in [0.2, 0.25) is 0 Å². The molecule has 1 amide bonds. The molecular formula is C15H14N6O2S. The standard InChI is InChI=1S/C15H14N6O2S/c1-9(22)10-3-5-11(6-4-10)18-12(23)7-24-15-13-14(16-8-17-15)21(2)20-19-13/h3-6,8H,7H2,1-2H3,(H,18,23). The number of hydrogen-bond donors (Lipinski definition) is 1. The molecule has 0 bridgehead atoms. The lowest BCUT2D eigenvalue weighted by atomic mass is 10.1. The average Bonchev–Trinajstić information content (AvgIpc) is 2.95. The Morgan fingerprint density at radius 2 is 1.96 bits per heavy atom. The summed E-state index contributed by atoms with van der Waals surface area (Å²) >= 11 is 1.27. The average molecular weight is 342 g/mol. The summed E-state index contributed by atoms with van der Waals surface area (Å²) in [6.45, 7) is 1.50. The van der Waals surface area contributed by atoms with Crippen LogP contribution in [0.15, 0.2) is 35.6 Å². The summed E-state index contributed by atoms with van der Waals surface area (Å²) < 4.78 is 1.55. The third-order valence-electron chi connectivity index (χ3n) is 3.27. The zero-order valence-electron chi connectivity index (χ0n) is 13.1. The molecule has 122 valence electrons. The van der Waals surface area contributed by atoms with Crippen molar-refractivity contribution in [2.75, 3.05) is 11.1 Å². The third-order valence-corrected chi connectivity index (χ3v) is 4.25. The molecule has 8 nitrogen and oxygen atoms in total. The van der Waals surface area contributed by atoms with Crippen molar-refractivity contribution in [3.8, 4) is 0 Å². The fourth-order valence-electron chi connectivity index (χ4n) is 2.06. The van der Waals surface area contributed by atoms with Crippen molar-refractivity contribution >= 4 is 40.3 Å². The summed E-state index contributed by atoms with van der Waals surface area (Å²) in [5.41, 5.74) is 2.43. The molecule has 0 saturated heterocycles. The lowest BCUT2D eigenvalue weighted by molar-refractivity contribution is -0.113. The van der Waals surface area contributed by atoms with E-state index in [4.69, 9.17) is 0 Å². The number of aromatic nitrogens is 5. The molecule has 0 unspecified atom stereocenters. The van der Waals surface area contributed by atoms with E-state index < -0.39 is 0 Å². The summed E-state index contributed by atoms with van der Waals surface area (Å²) in [5.74, 6) is -0.0108. The highest BCUT2D eigenvalue weighted by Crippen LogP contribution is 2.22. The Bertz CT molecular complexity index is 906. The third kappa shape index (κ3) is 3.40. The number of benzene rings is 1. The van der Waals surface area contributed by atoms with E-state index in [0.29, 0.717) is 27.4 Å². The molecule has 24 heavy (non-hydrogen) atoms. The normalized spacial score (nSPS) is 10.8. The predicted molar refractivity (Wildman–Crippen MR) is 89.9 cm³/mol. The molecule has 3 aromatic rings. The number of ketones is 1. The maximum atomic E-state index is 12.1. The fourth-order valence-corrected chi connectivity index (χ4v) is 2.79. The number of thioether (sulfide) groups is 1. The molecule has 0 aliphatic heterocycles. The van der Waals surface area contributed by atoms with E-state index in [2.05, 4.69) is 25.6 Å². The number of nitrogens with one attached hydrogen (secondary N) is 1. The Hall–Kier alpha value is -2.81. The topological polar surface area (TPSA) is 103 Å². The molecule has 1 aromatic carbocycles. The predicted octanol–water partition coefficient (Wildman–Crippen LogP) is 1.69. The van der Waals surface area contributed by atoms with Gasteiger partial charge in [-0.3, -0.25) is 9.59 Å². The number of hydrogen-bond acceptors (Lipinski definition) is 7. The van der Waals surface area contributed by atoms with E-state index in [1.54, 1.807) is 36.0 Å². The minimum Gasteiger partial charge on any atom is -0.325 e.